The monoisotopic (exact) mass is 740 g/mol. The average Bonchev–Trinajstić information content (AvgIpc) is 3.77. The predicted molar refractivity (Wildman–Crippen MR) is 236 cm³/mol. The van der Waals surface area contributed by atoms with E-state index >= 15 is 0 Å². The van der Waals surface area contributed by atoms with E-state index in [2.05, 4.69) is 121 Å². The lowest BCUT2D eigenvalue weighted by Gasteiger charge is -2.20. The third-order valence-electron chi connectivity index (χ3n) is 11.1. The first-order valence-electron chi connectivity index (χ1n) is 19.0. The molecule has 0 fully saturated rings. The van der Waals surface area contributed by atoms with E-state index in [1.165, 1.54) is 0 Å². The van der Waals surface area contributed by atoms with E-state index in [1.54, 1.807) is 0 Å². The van der Waals surface area contributed by atoms with E-state index < -0.39 is 0 Å². The Morgan fingerprint density at radius 2 is 0.966 bits per heavy atom. The molecule has 3 aromatic heterocycles. The second kappa shape index (κ2) is 13.5. The van der Waals surface area contributed by atoms with Crippen molar-refractivity contribution < 1.29 is 0 Å². The van der Waals surface area contributed by atoms with Crippen LogP contribution in [0.2, 0.25) is 0 Å². The van der Waals surface area contributed by atoms with Crippen molar-refractivity contribution in [1.29, 1.82) is 5.26 Å². The van der Waals surface area contributed by atoms with Gasteiger partial charge in [-0.25, -0.2) is 9.69 Å². The van der Waals surface area contributed by atoms with Crippen LogP contribution in [0.4, 0.5) is 11.4 Å². The number of hydrogen-bond acceptors (Lipinski definition) is 2. The maximum Gasteiger partial charge on any atom is 0.197 e. The van der Waals surface area contributed by atoms with Gasteiger partial charge in [-0.3, -0.25) is 4.98 Å². The van der Waals surface area contributed by atoms with E-state index in [0.717, 1.165) is 99.8 Å². The zero-order valence-corrected chi connectivity index (χ0v) is 31.7. The highest BCUT2D eigenvalue weighted by atomic mass is 15.1. The standard InChI is InChI=1S/C52H32N6/c1-32-25-37(26-33(2)56-32)44-29-51(57-47-19-11-8-16-40(47)43-24-22-35(28-50(43)57)39-15-7-10-18-45(39)54-3)52(30-46(44)55-4)58-48-20-12-9-17-41(48)42-23-21-34(27-49(42)58)38-14-6-5-13-36(38)31-53/h5-30H,1-2H3. The van der Waals surface area contributed by atoms with E-state index in [-0.39, 0.29) is 0 Å². The zero-order chi connectivity index (χ0) is 39.5. The van der Waals surface area contributed by atoms with Crippen LogP contribution in [0.25, 0.3) is 98.1 Å². The van der Waals surface area contributed by atoms with Crippen LogP contribution in [-0.4, -0.2) is 14.1 Å². The molecule has 0 aliphatic heterocycles. The third-order valence-corrected chi connectivity index (χ3v) is 11.1. The van der Waals surface area contributed by atoms with Gasteiger partial charge in [0.05, 0.1) is 58.2 Å². The Morgan fingerprint density at radius 3 is 1.57 bits per heavy atom. The SMILES string of the molecule is [C-]#[N+]c1ccccc1-c1ccc2c3ccccc3n(-c3cc(-c4cc(C)nc(C)c4)c([N+]#[C-])cc3-n3c4ccccc4c4ccc(-c5ccccc5C#N)cc43)c2c1. The van der Waals surface area contributed by atoms with Gasteiger partial charge in [-0.05, 0) is 102 Å². The molecule has 0 atom stereocenters. The number of pyridine rings is 1. The van der Waals surface area contributed by atoms with Crippen LogP contribution in [0, 0.1) is 38.3 Å². The Morgan fingerprint density at radius 1 is 0.466 bits per heavy atom. The number of hydrogen-bond donors (Lipinski definition) is 0. The molecule has 0 amide bonds. The number of para-hydroxylation sites is 3. The average molecular weight is 741 g/mol. The van der Waals surface area contributed by atoms with Crippen molar-refractivity contribution in [2.24, 2.45) is 0 Å². The number of nitrogens with zero attached hydrogens (tertiary/aromatic N) is 6. The number of fused-ring (bicyclic) bond motifs is 6. The third kappa shape index (κ3) is 5.35. The Labute approximate surface area is 335 Å². The molecule has 0 unspecified atom stereocenters. The van der Waals surface area contributed by atoms with E-state index in [0.29, 0.717) is 16.9 Å². The highest BCUT2D eigenvalue weighted by Gasteiger charge is 2.23. The molecule has 0 N–H and O–H groups in total. The molecule has 0 aliphatic rings. The van der Waals surface area contributed by atoms with E-state index in [9.17, 15) is 5.26 Å². The van der Waals surface area contributed by atoms with Crippen molar-refractivity contribution >= 4 is 55.0 Å². The smallest absolute Gasteiger partial charge is 0.197 e. The zero-order valence-electron chi connectivity index (χ0n) is 31.7. The Hall–Kier alpha value is -8.24. The van der Waals surface area contributed by atoms with Gasteiger partial charge in [-0.15, -0.1) is 0 Å². The molecule has 0 aliphatic carbocycles. The fourth-order valence-electron chi connectivity index (χ4n) is 8.68. The molecule has 6 nitrogen and oxygen atoms in total. The molecule has 6 heteroatoms. The summed E-state index contributed by atoms with van der Waals surface area (Å²) in [7, 11) is 0. The lowest BCUT2D eigenvalue weighted by Crippen LogP contribution is -2.04. The fraction of sp³-hybridized carbons (Fsp3) is 0.0385. The molecule has 7 aromatic carbocycles. The van der Waals surface area contributed by atoms with Crippen molar-refractivity contribution in [3.8, 4) is 50.8 Å². The second-order valence-electron chi connectivity index (χ2n) is 14.6. The predicted octanol–water partition coefficient (Wildman–Crippen LogP) is 13.9. The van der Waals surface area contributed by atoms with Crippen LogP contribution in [0.3, 0.4) is 0 Å². The topological polar surface area (TPSA) is 55.3 Å². The number of rotatable bonds is 5. The van der Waals surface area contributed by atoms with Gasteiger partial charge >= 0.3 is 0 Å². The fourth-order valence-corrected chi connectivity index (χ4v) is 8.68. The van der Waals surface area contributed by atoms with Gasteiger partial charge in [-0.1, -0.05) is 103 Å². The minimum atomic E-state index is 0.521. The van der Waals surface area contributed by atoms with Crippen LogP contribution in [0.1, 0.15) is 17.0 Å². The minimum Gasteiger partial charge on any atom is -0.308 e. The summed E-state index contributed by atoms with van der Waals surface area (Å²) in [5.41, 5.74) is 14.5. The first-order valence-corrected chi connectivity index (χ1v) is 19.0. The largest absolute Gasteiger partial charge is 0.308 e. The maximum absolute atomic E-state index is 10.1. The lowest BCUT2D eigenvalue weighted by atomic mass is 9.99. The molecular weight excluding hydrogens is 709 g/mol. The van der Waals surface area contributed by atoms with E-state index in [4.69, 9.17) is 13.1 Å². The number of aromatic nitrogens is 3. The first kappa shape index (κ1) is 34.3. The van der Waals surface area contributed by atoms with Crippen molar-refractivity contribution in [3.63, 3.8) is 0 Å². The van der Waals surface area contributed by atoms with Crippen LogP contribution < -0.4 is 0 Å². The molecule has 3 heterocycles. The summed E-state index contributed by atoms with van der Waals surface area (Å²) >= 11 is 0. The number of nitriles is 1. The summed E-state index contributed by atoms with van der Waals surface area (Å²) in [4.78, 5) is 12.7. The van der Waals surface area contributed by atoms with Crippen molar-refractivity contribution in [3.05, 3.63) is 198 Å². The van der Waals surface area contributed by atoms with Crippen LogP contribution in [-0.2, 0) is 0 Å². The lowest BCUT2D eigenvalue weighted by molar-refractivity contribution is 1.10. The second-order valence-corrected chi connectivity index (χ2v) is 14.6. The number of benzene rings is 7. The molecule has 270 valence electrons. The van der Waals surface area contributed by atoms with Gasteiger partial charge in [0.25, 0.3) is 0 Å². The Bertz CT molecular complexity index is 3450. The minimum absolute atomic E-state index is 0.521. The van der Waals surface area contributed by atoms with Crippen molar-refractivity contribution in [2.75, 3.05) is 0 Å². The molecular formula is C52H32N6. The quantitative estimate of drug-likeness (QED) is 0.165. The van der Waals surface area contributed by atoms with Gasteiger partial charge in [0.2, 0.25) is 0 Å². The van der Waals surface area contributed by atoms with Crippen LogP contribution in [0.5, 0.6) is 0 Å². The van der Waals surface area contributed by atoms with Gasteiger partial charge in [0.15, 0.2) is 11.4 Å². The molecule has 0 saturated heterocycles. The molecule has 0 bridgehead atoms. The highest BCUT2D eigenvalue weighted by molar-refractivity contribution is 6.13. The van der Waals surface area contributed by atoms with Gasteiger partial charge in [-0.2, -0.15) is 5.26 Å². The summed E-state index contributed by atoms with van der Waals surface area (Å²) in [6, 6.07) is 55.8. The molecule has 10 rings (SSSR count). The van der Waals surface area contributed by atoms with E-state index in [1.807, 2.05) is 80.6 Å². The molecule has 0 radical (unpaired) electrons. The summed E-state index contributed by atoms with van der Waals surface area (Å²) in [6.07, 6.45) is 0. The normalized spacial score (nSPS) is 11.2. The van der Waals surface area contributed by atoms with Crippen molar-refractivity contribution in [2.45, 2.75) is 13.8 Å². The summed E-state index contributed by atoms with van der Waals surface area (Å²) in [6.45, 7) is 20.5. The van der Waals surface area contributed by atoms with Crippen molar-refractivity contribution in [1.82, 2.24) is 14.1 Å². The van der Waals surface area contributed by atoms with Crippen LogP contribution >= 0.6 is 0 Å². The summed E-state index contributed by atoms with van der Waals surface area (Å²) in [5.74, 6) is 0. The summed E-state index contributed by atoms with van der Waals surface area (Å²) in [5, 5.41) is 14.4. The molecule has 58 heavy (non-hydrogen) atoms. The summed E-state index contributed by atoms with van der Waals surface area (Å²) < 4.78 is 4.59. The van der Waals surface area contributed by atoms with Gasteiger partial charge < -0.3 is 9.13 Å². The van der Waals surface area contributed by atoms with Gasteiger partial charge in [0.1, 0.15) is 0 Å². The maximum atomic E-state index is 10.1. The van der Waals surface area contributed by atoms with Crippen LogP contribution in [0.15, 0.2) is 158 Å². The number of aryl methyl sites for hydroxylation is 2. The first-order chi connectivity index (χ1) is 28.4. The highest BCUT2D eigenvalue weighted by Crippen LogP contribution is 2.45. The van der Waals surface area contributed by atoms with Gasteiger partial charge in [0, 0.05) is 32.9 Å². The molecule has 0 spiro atoms. The Balaban J connectivity index is 1.37. The molecule has 10 aromatic rings. The Kier molecular flexibility index (Phi) is 7.98. The molecule has 0 saturated carbocycles.